The van der Waals surface area contributed by atoms with Crippen LogP contribution in [0.2, 0.25) is 0 Å². The van der Waals surface area contributed by atoms with Gasteiger partial charge in [0, 0.05) is 32.0 Å². The average molecular weight is 297 g/mol. The Kier molecular flexibility index (Phi) is 6.27. The van der Waals surface area contributed by atoms with Gasteiger partial charge in [-0.25, -0.2) is 8.42 Å². The van der Waals surface area contributed by atoms with Crippen molar-refractivity contribution in [3.05, 3.63) is 18.0 Å². The summed E-state index contributed by atoms with van der Waals surface area (Å²) in [6.07, 6.45) is 7.89. The van der Waals surface area contributed by atoms with Crippen LogP contribution >= 0.6 is 0 Å². The molecule has 0 spiro atoms. The number of hydrogen-bond acceptors (Lipinski definition) is 3. The van der Waals surface area contributed by atoms with E-state index in [4.69, 9.17) is 6.42 Å². The van der Waals surface area contributed by atoms with Crippen molar-refractivity contribution >= 4 is 10.0 Å². The van der Waals surface area contributed by atoms with Crippen LogP contribution in [-0.4, -0.2) is 37.4 Å². The Bertz CT molecular complexity index is 570. The summed E-state index contributed by atoms with van der Waals surface area (Å²) in [6, 6.07) is 1.72. The molecular formula is C14H23N3O2S. The van der Waals surface area contributed by atoms with Gasteiger partial charge in [-0.05, 0) is 26.0 Å². The second-order valence-electron chi connectivity index (χ2n) is 4.60. The third kappa shape index (κ3) is 3.85. The quantitative estimate of drug-likeness (QED) is 0.580. The Hall–Kier alpha value is -1.29. The van der Waals surface area contributed by atoms with Crippen molar-refractivity contribution in [3.8, 4) is 12.3 Å². The molecule has 1 aromatic rings. The second kappa shape index (κ2) is 7.48. The molecule has 5 nitrogen and oxygen atoms in total. The van der Waals surface area contributed by atoms with Gasteiger partial charge in [-0.15, -0.1) is 6.42 Å². The Morgan fingerprint density at radius 1 is 1.45 bits per heavy atom. The van der Waals surface area contributed by atoms with Crippen molar-refractivity contribution in [3.63, 3.8) is 0 Å². The molecule has 0 saturated heterocycles. The number of hydrogen-bond donors (Lipinski definition) is 1. The molecule has 0 saturated carbocycles. The van der Waals surface area contributed by atoms with E-state index in [1.54, 1.807) is 12.3 Å². The third-order valence-corrected chi connectivity index (χ3v) is 4.83. The lowest BCUT2D eigenvalue weighted by atomic mass is 10.4. The Labute approximate surface area is 122 Å². The molecule has 1 aromatic heterocycles. The monoisotopic (exact) mass is 297 g/mol. The van der Waals surface area contributed by atoms with Crippen LogP contribution in [0.1, 0.15) is 26.0 Å². The topological polar surface area (TPSA) is 54.3 Å². The van der Waals surface area contributed by atoms with Crippen molar-refractivity contribution in [2.45, 2.75) is 38.3 Å². The standard InChI is InChI=1S/C14H23N3O2S/c1-5-8-15-11-13-10-14(12-17(13)7-3)20(18,19)16(4)9-6-2/h2,10,12,15H,5,7-9,11H2,1,3-4H3. The number of aromatic nitrogens is 1. The van der Waals surface area contributed by atoms with Crippen LogP contribution in [0.5, 0.6) is 0 Å². The molecule has 0 aliphatic carbocycles. The van der Waals surface area contributed by atoms with Crippen LogP contribution in [0.25, 0.3) is 0 Å². The average Bonchev–Trinajstić information content (AvgIpc) is 2.83. The molecule has 112 valence electrons. The molecule has 0 unspecified atom stereocenters. The molecule has 0 radical (unpaired) electrons. The molecule has 0 aliphatic heterocycles. The first-order valence-electron chi connectivity index (χ1n) is 6.76. The van der Waals surface area contributed by atoms with Gasteiger partial charge in [0.25, 0.3) is 0 Å². The van der Waals surface area contributed by atoms with Gasteiger partial charge >= 0.3 is 0 Å². The van der Waals surface area contributed by atoms with Gasteiger partial charge in [-0.1, -0.05) is 12.8 Å². The van der Waals surface area contributed by atoms with E-state index in [1.165, 1.54) is 11.4 Å². The highest BCUT2D eigenvalue weighted by Crippen LogP contribution is 2.18. The molecule has 0 bridgehead atoms. The minimum Gasteiger partial charge on any atom is -0.349 e. The molecule has 0 amide bonds. The minimum atomic E-state index is -3.50. The van der Waals surface area contributed by atoms with Gasteiger partial charge in [-0.3, -0.25) is 0 Å². The summed E-state index contributed by atoms with van der Waals surface area (Å²) < 4.78 is 27.8. The molecule has 0 atom stereocenters. The van der Waals surface area contributed by atoms with Crippen LogP contribution in [0, 0.1) is 12.3 Å². The summed E-state index contributed by atoms with van der Waals surface area (Å²) >= 11 is 0. The molecular weight excluding hydrogens is 274 g/mol. The van der Waals surface area contributed by atoms with E-state index in [0.717, 1.165) is 25.2 Å². The highest BCUT2D eigenvalue weighted by Gasteiger charge is 2.22. The summed E-state index contributed by atoms with van der Waals surface area (Å²) in [5.41, 5.74) is 0.966. The summed E-state index contributed by atoms with van der Waals surface area (Å²) in [7, 11) is -2.01. The normalized spacial score (nSPS) is 11.8. The fraction of sp³-hybridized carbons (Fsp3) is 0.571. The van der Waals surface area contributed by atoms with E-state index in [1.807, 2.05) is 11.5 Å². The number of sulfonamides is 1. The maximum Gasteiger partial charge on any atom is 0.245 e. The minimum absolute atomic E-state index is 0.0725. The van der Waals surface area contributed by atoms with Gasteiger partial charge in [0.15, 0.2) is 0 Å². The molecule has 1 N–H and O–H groups in total. The first-order chi connectivity index (χ1) is 9.47. The number of terminal acetylenes is 1. The van der Waals surface area contributed by atoms with E-state index >= 15 is 0 Å². The number of rotatable bonds is 8. The second-order valence-corrected chi connectivity index (χ2v) is 6.64. The molecule has 20 heavy (non-hydrogen) atoms. The maximum atomic E-state index is 12.3. The number of nitrogens with zero attached hydrogens (tertiary/aromatic N) is 2. The van der Waals surface area contributed by atoms with Gasteiger partial charge in [0.2, 0.25) is 10.0 Å². The smallest absolute Gasteiger partial charge is 0.245 e. The van der Waals surface area contributed by atoms with Crippen LogP contribution in [0.3, 0.4) is 0 Å². The van der Waals surface area contributed by atoms with Gasteiger partial charge in [0.1, 0.15) is 4.90 Å². The summed E-state index contributed by atoms with van der Waals surface area (Å²) in [6.45, 7) is 6.46. The van der Waals surface area contributed by atoms with E-state index in [2.05, 4.69) is 18.2 Å². The lowest BCUT2D eigenvalue weighted by molar-refractivity contribution is 0.503. The van der Waals surface area contributed by atoms with Crippen molar-refractivity contribution < 1.29 is 8.42 Å². The van der Waals surface area contributed by atoms with Crippen molar-refractivity contribution in [1.82, 2.24) is 14.2 Å². The van der Waals surface area contributed by atoms with Crippen LogP contribution in [0.15, 0.2) is 17.2 Å². The Morgan fingerprint density at radius 2 is 2.15 bits per heavy atom. The van der Waals surface area contributed by atoms with Crippen LogP contribution < -0.4 is 5.32 Å². The Morgan fingerprint density at radius 3 is 2.70 bits per heavy atom. The lowest BCUT2D eigenvalue weighted by Gasteiger charge is -2.12. The molecule has 0 aromatic carbocycles. The predicted molar refractivity (Wildman–Crippen MR) is 80.8 cm³/mol. The van der Waals surface area contributed by atoms with Crippen LogP contribution in [-0.2, 0) is 23.1 Å². The van der Waals surface area contributed by atoms with E-state index in [0.29, 0.717) is 11.4 Å². The lowest BCUT2D eigenvalue weighted by Crippen LogP contribution is -2.26. The van der Waals surface area contributed by atoms with Crippen molar-refractivity contribution in [1.29, 1.82) is 0 Å². The zero-order chi connectivity index (χ0) is 15.2. The van der Waals surface area contributed by atoms with Gasteiger partial charge in [-0.2, -0.15) is 4.31 Å². The Balaban J connectivity index is 3.00. The van der Waals surface area contributed by atoms with Crippen molar-refractivity contribution in [2.75, 3.05) is 20.1 Å². The zero-order valence-electron chi connectivity index (χ0n) is 12.4. The molecule has 6 heteroatoms. The van der Waals surface area contributed by atoms with E-state index in [9.17, 15) is 8.42 Å². The zero-order valence-corrected chi connectivity index (χ0v) is 13.2. The fourth-order valence-corrected chi connectivity index (χ4v) is 3.05. The largest absolute Gasteiger partial charge is 0.349 e. The number of nitrogens with one attached hydrogen (secondary N) is 1. The first-order valence-corrected chi connectivity index (χ1v) is 8.20. The maximum absolute atomic E-state index is 12.3. The first kappa shape index (κ1) is 16.8. The SMILES string of the molecule is C#CCN(C)S(=O)(=O)c1cc(CNCCC)n(CC)c1. The highest BCUT2D eigenvalue weighted by molar-refractivity contribution is 7.89. The summed E-state index contributed by atoms with van der Waals surface area (Å²) in [4.78, 5) is 0.297. The molecule has 0 aliphatic rings. The molecule has 0 fully saturated rings. The van der Waals surface area contributed by atoms with Crippen LogP contribution in [0.4, 0.5) is 0 Å². The van der Waals surface area contributed by atoms with E-state index < -0.39 is 10.0 Å². The molecule has 1 heterocycles. The fourth-order valence-electron chi connectivity index (χ4n) is 1.90. The highest BCUT2D eigenvalue weighted by atomic mass is 32.2. The molecule has 1 rings (SSSR count). The van der Waals surface area contributed by atoms with Gasteiger partial charge < -0.3 is 9.88 Å². The van der Waals surface area contributed by atoms with Crippen molar-refractivity contribution in [2.24, 2.45) is 0 Å². The predicted octanol–water partition coefficient (Wildman–Crippen LogP) is 1.26. The van der Waals surface area contributed by atoms with Gasteiger partial charge in [0.05, 0.1) is 6.54 Å². The van der Waals surface area contributed by atoms with E-state index in [-0.39, 0.29) is 6.54 Å². The summed E-state index contributed by atoms with van der Waals surface area (Å²) in [5, 5.41) is 3.28. The number of aryl methyl sites for hydroxylation is 1. The third-order valence-electron chi connectivity index (χ3n) is 3.06. The summed E-state index contributed by atoms with van der Waals surface area (Å²) in [5.74, 6) is 2.35.